The standard InChI is InChI=1S/C15H20N2O4/c1-17(15(19)12-6-10(18)7-16-12)8-11-9-20-13-4-2-3-5-14(13)21-11/h2-5,10-12,16,18H,6-9H2,1H3/t10-,11+,12+/m0/s1. The van der Waals surface area contributed by atoms with E-state index in [1.807, 2.05) is 24.3 Å². The van der Waals surface area contributed by atoms with Crippen LogP contribution >= 0.6 is 0 Å². The van der Waals surface area contributed by atoms with Crippen molar-refractivity contribution in [1.82, 2.24) is 10.2 Å². The van der Waals surface area contributed by atoms with Gasteiger partial charge in [0.15, 0.2) is 17.6 Å². The molecule has 3 atom stereocenters. The third-order valence-electron chi connectivity index (χ3n) is 3.83. The van der Waals surface area contributed by atoms with Gasteiger partial charge in [-0.15, -0.1) is 0 Å². The minimum atomic E-state index is -0.437. The predicted molar refractivity (Wildman–Crippen MR) is 76.4 cm³/mol. The largest absolute Gasteiger partial charge is 0.486 e. The van der Waals surface area contributed by atoms with Gasteiger partial charge in [0.25, 0.3) is 0 Å². The number of fused-ring (bicyclic) bond motifs is 1. The quantitative estimate of drug-likeness (QED) is 0.821. The molecule has 1 fully saturated rings. The fourth-order valence-corrected chi connectivity index (χ4v) is 2.72. The number of carbonyl (C=O) groups is 1. The van der Waals surface area contributed by atoms with Gasteiger partial charge in [-0.1, -0.05) is 12.1 Å². The Bertz CT molecular complexity index is 522. The number of nitrogens with one attached hydrogen (secondary N) is 1. The van der Waals surface area contributed by atoms with Crippen LogP contribution in [0, 0.1) is 0 Å². The molecular weight excluding hydrogens is 272 g/mol. The summed E-state index contributed by atoms with van der Waals surface area (Å²) in [6.45, 7) is 1.36. The van der Waals surface area contributed by atoms with Gasteiger partial charge in [0.2, 0.25) is 5.91 Å². The molecule has 6 nitrogen and oxygen atoms in total. The van der Waals surface area contributed by atoms with Crippen LogP contribution in [0.3, 0.4) is 0 Å². The highest BCUT2D eigenvalue weighted by Crippen LogP contribution is 2.31. The summed E-state index contributed by atoms with van der Waals surface area (Å²) in [5.41, 5.74) is 0. The number of aliphatic hydroxyl groups is 1. The highest BCUT2D eigenvalue weighted by Gasteiger charge is 2.32. The number of para-hydroxylation sites is 2. The van der Waals surface area contributed by atoms with Crippen molar-refractivity contribution in [3.8, 4) is 11.5 Å². The summed E-state index contributed by atoms with van der Waals surface area (Å²) < 4.78 is 11.5. The summed E-state index contributed by atoms with van der Waals surface area (Å²) in [7, 11) is 1.75. The first kappa shape index (κ1) is 14.2. The lowest BCUT2D eigenvalue weighted by atomic mass is 10.1. The second-order valence-corrected chi connectivity index (χ2v) is 5.57. The van der Waals surface area contributed by atoms with E-state index in [9.17, 15) is 9.90 Å². The molecule has 2 heterocycles. The predicted octanol–water partition coefficient (Wildman–Crippen LogP) is 0.00760. The molecule has 0 aliphatic carbocycles. The molecule has 0 radical (unpaired) electrons. The van der Waals surface area contributed by atoms with Crippen LogP contribution in [-0.2, 0) is 4.79 Å². The number of nitrogens with zero attached hydrogens (tertiary/aromatic N) is 1. The van der Waals surface area contributed by atoms with Crippen LogP contribution in [0.1, 0.15) is 6.42 Å². The average molecular weight is 292 g/mol. The van der Waals surface area contributed by atoms with Crippen molar-refractivity contribution in [1.29, 1.82) is 0 Å². The molecule has 3 rings (SSSR count). The van der Waals surface area contributed by atoms with E-state index in [1.54, 1.807) is 11.9 Å². The first-order valence-corrected chi connectivity index (χ1v) is 7.18. The number of hydrogen-bond donors (Lipinski definition) is 2. The maximum Gasteiger partial charge on any atom is 0.239 e. The molecule has 0 saturated carbocycles. The van der Waals surface area contributed by atoms with Crippen LogP contribution in [-0.4, -0.2) is 60.9 Å². The van der Waals surface area contributed by atoms with E-state index in [-0.39, 0.29) is 18.1 Å². The Morgan fingerprint density at radius 1 is 1.43 bits per heavy atom. The lowest BCUT2D eigenvalue weighted by Gasteiger charge is -2.30. The van der Waals surface area contributed by atoms with Crippen molar-refractivity contribution in [3.63, 3.8) is 0 Å². The van der Waals surface area contributed by atoms with Gasteiger partial charge in [0.1, 0.15) is 6.61 Å². The zero-order valence-electron chi connectivity index (χ0n) is 12.0. The van der Waals surface area contributed by atoms with E-state index in [2.05, 4.69) is 5.32 Å². The van der Waals surface area contributed by atoms with E-state index in [0.29, 0.717) is 31.9 Å². The molecule has 0 unspecified atom stereocenters. The third-order valence-corrected chi connectivity index (χ3v) is 3.83. The molecule has 0 bridgehead atoms. The number of rotatable bonds is 3. The molecule has 21 heavy (non-hydrogen) atoms. The molecule has 1 aromatic rings. The van der Waals surface area contributed by atoms with E-state index in [0.717, 1.165) is 5.75 Å². The number of carbonyl (C=O) groups excluding carboxylic acids is 1. The fourth-order valence-electron chi connectivity index (χ4n) is 2.72. The Balaban J connectivity index is 1.56. The second-order valence-electron chi connectivity index (χ2n) is 5.57. The van der Waals surface area contributed by atoms with Crippen LogP contribution in [0.2, 0.25) is 0 Å². The Morgan fingerprint density at radius 2 is 2.19 bits per heavy atom. The van der Waals surface area contributed by atoms with Crippen molar-refractivity contribution >= 4 is 5.91 Å². The summed E-state index contributed by atoms with van der Waals surface area (Å²) in [5.74, 6) is 1.43. The molecule has 0 spiro atoms. The fraction of sp³-hybridized carbons (Fsp3) is 0.533. The normalized spacial score (nSPS) is 27.4. The maximum atomic E-state index is 12.3. The van der Waals surface area contributed by atoms with Crippen molar-refractivity contribution < 1.29 is 19.4 Å². The number of aliphatic hydroxyl groups excluding tert-OH is 1. The second kappa shape index (κ2) is 5.91. The van der Waals surface area contributed by atoms with Gasteiger partial charge in [0.05, 0.1) is 18.7 Å². The summed E-state index contributed by atoms with van der Waals surface area (Å²) >= 11 is 0. The molecular formula is C15H20N2O4. The number of likely N-dealkylation sites (N-methyl/N-ethyl adjacent to an activating group) is 1. The molecule has 114 valence electrons. The number of hydrogen-bond acceptors (Lipinski definition) is 5. The Hall–Kier alpha value is -1.79. The van der Waals surface area contributed by atoms with Crippen molar-refractivity contribution in [2.75, 3.05) is 26.7 Å². The van der Waals surface area contributed by atoms with Crippen molar-refractivity contribution in [2.45, 2.75) is 24.7 Å². The molecule has 0 aromatic heterocycles. The highest BCUT2D eigenvalue weighted by molar-refractivity contribution is 5.82. The Morgan fingerprint density at radius 3 is 2.90 bits per heavy atom. The van der Waals surface area contributed by atoms with Gasteiger partial charge in [0, 0.05) is 13.6 Å². The van der Waals surface area contributed by atoms with Gasteiger partial charge in [-0.25, -0.2) is 0 Å². The van der Waals surface area contributed by atoms with Gasteiger partial charge >= 0.3 is 0 Å². The number of ether oxygens (including phenoxy) is 2. The molecule has 2 aliphatic heterocycles. The molecule has 2 aliphatic rings. The number of benzene rings is 1. The van der Waals surface area contributed by atoms with Gasteiger partial charge in [-0.05, 0) is 18.6 Å². The third kappa shape index (κ3) is 3.11. The molecule has 1 aromatic carbocycles. The van der Waals surface area contributed by atoms with Crippen molar-refractivity contribution in [2.24, 2.45) is 0 Å². The van der Waals surface area contributed by atoms with Crippen LogP contribution in [0.4, 0.5) is 0 Å². The zero-order chi connectivity index (χ0) is 14.8. The smallest absolute Gasteiger partial charge is 0.239 e. The van der Waals surface area contributed by atoms with Gasteiger partial charge in [-0.3, -0.25) is 4.79 Å². The van der Waals surface area contributed by atoms with Crippen LogP contribution in [0.5, 0.6) is 11.5 Å². The minimum Gasteiger partial charge on any atom is -0.486 e. The number of β-amino-alcohol motifs (C(OH)–C–C–N with tert-alkyl or cyclic N) is 1. The Labute approximate surface area is 123 Å². The minimum absolute atomic E-state index is 0.0194. The summed E-state index contributed by atoms with van der Waals surface area (Å²) in [4.78, 5) is 13.9. The van der Waals surface area contributed by atoms with Crippen LogP contribution in [0.25, 0.3) is 0 Å². The molecule has 1 saturated heterocycles. The Kier molecular flexibility index (Phi) is 3.98. The van der Waals surface area contributed by atoms with Crippen LogP contribution in [0.15, 0.2) is 24.3 Å². The molecule has 6 heteroatoms. The average Bonchev–Trinajstić information content (AvgIpc) is 2.93. The number of amides is 1. The maximum absolute atomic E-state index is 12.3. The first-order valence-electron chi connectivity index (χ1n) is 7.18. The topological polar surface area (TPSA) is 71.0 Å². The summed E-state index contributed by atoms with van der Waals surface area (Å²) in [6.07, 6.45) is -0.151. The van der Waals surface area contributed by atoms with E-state index in [1.165, 1.54) is 0 Å². The van der Waals surface area contributed by atoms with Crippen molar-refractivity contribution in [3.05, 3.63) is 24.3 Å². The monoisotopic (exact) mass is 292 g/mol. The summed E-state index contributed by atoms with van der Waals surface area (Å²) in [5, 5.41) is 12.5. The van der Waals surface area contributed by atoms with E-state index in [4.69, 9.17) is 9.47 Å². The molecule has 2 N–H and O–H groups in total. The SMILES string of the molecule is CN(C[C@@H]1COc2ccccc2O1)C(=O)[C@H]1C[C@H](O)CN1. The summed E-state index contributed by atoms with van der Waals surface area (Å²) in [6, 6.07) is 7.21. The van der Waals surface area contributed by atoms with E-state index < -0.39 is 6.10 Å². The van der Waals surface area contributed by atoms with Crippen LogP contribution < -0.4 is 14.8 Å². The first-order chi connectivity index (χ1) is 10.1. The lowest BCUT2D eigenvalue weighted by molar-refractivity contribution is -0.133. The molecule has 1 amide bonds. The zero-order valence-corrected chi connectivity index (χ0v) is 12.0. The highest BCUT2D eigenvalue weighted by atomic mass is 16.6. The van der Waals surface area contributed by atoms with E-state index >= 15 is 0 Å². The van der Waals surface area contributed by atoms with Gasteiger partial charge in [-0.2, -0.15) is 0 Å². The van der Waals surface area contributed by atoms with Gasteiger partial charge < -0.3 is 24.8 Å². The lowest BCUT2D eigenvalue weighted by Crippen LogP contribution is -2.47.